The predicted octanol–water partition coefficient (Wildman–Crippen LogP) is 2.61. The van der Waals surface area contributed by atoms with E-state index < -0.39 is 5.97 Å². The Morgan fingerprint density at radius 2 is 1.50 bits per heavy atom. The van der Waals surface area contributed by atoms with E-state index in [1.807, 2.05) is 30.3 Å². The Bertz CT molecular complexity index is 522. The summed E-state index contributed by atoms with van der Waals surface area (Å²) in [5.74, 6) is -0.756. The Morgan fingerprint density at radius 1 is 0.944 bits per heavy atom. The second kappa shape index (κ2) is 5.23. The van der Waals surface area contributed by atoms with E-state index in [-0.39, 0.29) is 12.3 Å². The van der Waals surface area contributed by atoms with Crippen LogP contribution in [0.25, 0.3) is 0 Å². The van der Waals surface area contributed by atoms with Crippen LogP contribution in [0.1, 0.15) is 0 Å². The highest BCUT2D eigenvalue weighted by Crippen LogP contribution is 2.26. The van der Waals surface area contributed by atoms with Crippen molar-refractivity contribution in [1.29, 1.82) is 0 Å². The van der Waals surface area contributed by atoms with E-state index in [1.54, 1.807) is 17.0 Å². The van der Waals surface area contributed by atoms with E-state index in [0.29, 0.717) is 0 Å². The van der Waals surface area contributed by atoms with Gasteiger partial charge >= 0.3 is 5.97 Å². The highest BCUT2D eigenvalue weighted by atomic mass is 16.4. The van der Waals surface area contributed by atoms with E-state index in [4.69, 9.17) is 5.11 Å². The summed E-state index contributed by atoms with van der Waals surface area (Å²) in [5.41, 5.74) is 1.52. The fourth-order valence-corrected chi connectivity index (χ4v) is 1.71. The minimum absolute atomic E-state index is 0.130. The molecule has 0 unspecified atom stereocenters. The first-order valence-electron chi connectivity index (χ1n) is 5.50. The molecule has 2 N–H and O–H groups in total. The molecule has 4 heteroatoms. The summed E-state index contributed by atoms with van der Waals surface area (Å²) in [6.45, 7) is -0.130. The number of carboxylic acids is 1. The third-order valence-electron chi connectivity index (χ3n) is 2.52. The van der Waals surface area contributed by atoms with Crippen LogP contribution in [0.4, 0.5) is 11.4 Å². The maximum Gasteiger partial charge on any atom is 0.323 e. The number of aliphatic carboxylic acids is 1. The van der Waals surface area contributed by atoms with Gasteiger partial charge < -0.3 is 15.1 Å². The molecule has 2 rings (SSSR count). The van der Waals surface area contributed by atoms with Crippen LogP contribution < -0.4 is 4.90 Å². The Labute approximate surface area is 105 Å². The summed E-state index contributed by atoms with van der Waals surface area (Å²) in [4.78, 5) is 12.6. The van der Waals surface area contributed by atoms with Crippen molar-refractivity contribution >= 4 is 17.3 Å². The quantitative estimate of drug-likeness (QED) is 0.866. The van der Waals surface area contributed by atoms with Gasteiger partial charge in [0.2, 0.25) is 0 Å². The second-order valence-corrected chi connectivity index (χ2v) is 3.83. The number of phenols is 1. The molecule has 0 aromatic heterocycles. The van der Waals surface area contributed by atoms with Gasteiger partial charge in [0, 0.05) is 11.4 Å². The lowest BCUT2D eigenvalue weighted by molar-refractivity contribution is -0.135. The number of carboxylic acid groups (broad SMARTS) is 1. The maximum absolute atomic E-state index is 10.9. The van der Waals surface area contributed by atoms with Crippen molar-refractivity contribution in [2.75, 3.05) is 11.4 Å². The zero-order chi connectivity index (χ0) is 13.0. The standard InChI is InChI=1S/C14H13NO3/c16-13-8-6-12(7-9-13)15(10-14(17)18)11-4-2-1-3-5-11/h1-9,16H,10H2,(H,17,18). The Balaban J connectivity index is 2.36. The van der Waals surface area contributed by atoms with E-state index in [0.717, 1.165) is 11.4 Å². The van der Waals surface area contributed by atoms with Crippen molar-refractivity contribution < 1.29 is 15.0 Å². The van der Waals surface area contributed by atoms with Crippen LogP contribution in [-0.2, 0) is 4.79 Å². The van der Waals surface area contributed by atoms with Gasteiger partial charge in [-0.1, -0.05) is 18.2 Å². The third kappa shape index (κ3) is 2.79. The number of aromatic hydroxyl groups is 1. The molecule has 0 fully saturated rings. The van der Waals surface area contributed by atoms with E-state index in [2.05, 4.69) is 0 Å². The molecular formula is C14H13NO3. The normalized spacial score (nSPS) is 10.0. The molecule has 0 atom stereocenters. The molecule has 4 nitrogen and oxygen atoms in total. The van der Waals surface area contributed by atoms with Gasteiger partial charge in [0.15, 0.2) is 0 Å². The second-order valence-electron chi connectivity index (χ2n) is 3.83. The average Bonchev–Trinajstić information content (AvgIpc) is 2.38. The van der Waals surface area contributed by atoms with Crippen molar-refractivity contribution in [3.63, 3.8) is 0 Å². The predicted molar refractivity (Wildman–Crippen MR) is 69.2 cm³/mol. The van der Waals surface area contributed by atoms with Gasteiger partial charge in [-0.15, -0.1) is 0 Å². The number of nitrogens with zero attached hydrogens (tertiary/aromatic N) is 1. The number of rotatable bonds is 4. The minimum Gasteiger partial charge on any atom is -0.508 e. The molecule has 2 aromatic rings. The first kappa shape index (κ1) is 12.0. The molecule has 92 valence electrons. The molecule has 0 amide bonds. The van der Waals surface area contributed by atoms with E-state index in [9.17, 15) is 9.90 Å². The largest absolute Gasteiger partial charge is 0.508 e. The molecule has 0 aliphatic heterocycles. The molecule has 0 saturated carbocycles. The number of hydrogen-bond donors (Lipinski definition) is 2. The maximum atomic E-state index is 10.9. The lowest BCUT2D eigenvalue weighted by atomic mass is 10.2. The van der Waals surface area contributed by atoms with E-state index in [1.165, 1.54) is 12.1 Å². The van der Waals surface area contributed by atoms with Crippen LogP contribution >= 0.6 is 0 Å². The van der Waals surface area contributed by atoms with Crippen LogP contribution in [0.5, 0.6) is 5.75 Å². The monoisotopic (exact) mass is 243 g/mol. The fourth-order valence-electron chi connectivity index (χ4n) is 1.71. The molecule has 18 heavy (non-hydrogen) atoms. The SMILES string of the molecule is O=C(O)CN(c1ccccc1)c1ccc(O)cc1. The van der Waals surface area contributed by atoms with Crippen molar-refractivity contribution in [3.05, 3.63) is 54.6 Å². The summed E-state index contributed by atoms with van der Waals surface area (Å²) in [5, 5.41) is 18.2. The molecule has 0 aliphatic carbocycles. The van der Waals surface area contributed by atoms with E-state index >= 15 is 0 Å². The van der Waals surface area contributed by atoms with Crippen LogP contribution in [0.3, 0.4) is 0 Å². The Kier molecular flexibility index (Phi) is 3.48. The van der Waals surface area contributed by atoms with Gasteiger partial charge in [-0.2, -0.15) is 0 Å². The summed E-state index contributed by atoms with van der Waals surface area (Å²) < 4.78 is 0. The minimum atomic E-state index is -0.910. The zero-order valence-electron chi connectivity index (χ0n) is 9.65. The zero-order valence-corrected chi connectivity index (χ0v) is 9.65. The number of phenolic OH excluding ortho intramolecular Hbond substituents is 1. The van der Waals surface area contributed by atoms with Crippen molar-refractivity contribution in [2.24, 2.45) is 0 Å². The van der Waals surface area contributed by atoms with Crippen LogP contribution in [0, 0.1) is 0 Å². The molecular weight excluding hydrogens is 230 g/mol. The van der Waals surface area contributed by atoms with Gasteiger partial charge in [-0.05, 0) is 36.4 Å². The Hall–Kier alpha value is -2.49. The molecule has 0 aliphatic rings. The molecule has 0 bridgehead atoms. The van der Waals surface area contributed by atoms with Gasteiger partial charge in [-0.3, -0.25) is 4.79 Å². The van der Waals surface area contributed by atoms with Crippen LogP contribution in [-0.4, -0.2) is 22.7 Å². The molecule has 0 radical (unpaired) electrons. The lowest BCUT2D eigenvalue weighted by Gasteiger charge is -2.22. The number of para-hydroxylation sites is 1. The van der Waals surface area contributed by atoms with Crippen molar-refractivity contribution in [1.82, 2.24) is 0 Å². The third-order valence-corrected chi connectivity index (χ3v) is 2.52. The van der Waals surface area contributed by atoms with Gasteiger partial charge in [0.1, 0.15) is 12.3 Å². The molecule has 0 saturated heterocycles. The van der Waals surface area contributed by atoms with Gasteiger partial charge in [-0.25, -0.2) is 0 Å². The number of anilines is 2. The number of carbonyl (C=O) groups is 1. The van der Waals surface area contributed by atoms with Gasteiger partial charge in [0.25, 0.3) is 0 Å². The Morgan fingerprint density at radius 3 is 2.06 bits per heavy atom. The smallest absolute Gasteiger partial charge is 0.323 e. The molecule has 0 spiro atoms. The summed E-state index contributed by atoms with van der Waals surface area (Å²) in [6, 6.07) is 15.7. The number of benzene rings is 2. The summed E-state index contributed by atoms with van der Waals surface area (Å²) in [6.07, 6.45) is 0. The summed E-state index contributed by atoms with van der Waals surface area (Å²) in [7, 11) is 0. The highest BCUT2D eigenvalue weighted by Gasteiger charge is 2.12. The lowest BCUT2D eigenvalue weighted by Crippen LogP contribution is -2.24. The number of hydrogen-bond acceptors (Lipinski definition) is 3. The van der Waals surface area contributed by atoms with Gasteiger partial charge in [0.05, 0.1) is 0 Å². The van der Waals surface area contributed by atoms with Crippen molar-refractivity contribution in [3.8, 4) is 5.75 Å². The average molecular weight is 243 g/mol. The molecule has 0 heterocycles. The van der Waals surface area contributed by atoms with Crippen LogP contribution in [0.15, 0.2) is 54.6 Å². The first-order valence-corrected chi connectivity index (χ1v) is 5.50. The topological polar surface area (TPSA) is 60.8 Å². The first-order chi connectivity index (χ1) is 8.66. The van der Waals surface area contributed by atoms with Crippen molar-refractivity contribution in [2.45, 2.75) is 0 Å². The highest BCUT2D eigenvalue weighted by molar-refractivity contribution is 5.78. The van der Waals surface area contributed by atoms with Crippen LogP contribution in [0.2, 0.25) is 0 Å². The molecule has 2 aromatic carbocycles. The fraction of sp³-hybridized carbons (Fsp3) is 0.0714. The summed E-state index contributed by atoms with van der Waals surface area (Å²) >= 11 is 0.